The van der Waals surface area contributed by atoms with Crippen molar-refractivity contribution in [2.75, 3.05) is 0 Å². The Bertz CT molecular complexity index is 419. The lowest BCUT2D eigenvalue weighted by molar-refractivity contribution is 0.710. The molecule has 2 aromatic heterocycles. The third-order valence-corrected chi connectivity index (χ3v) is 2.14. The molecular weight excluding hydrogens is 188 g/mol. The summed E-state index contributed by atoms with van der Waals surface area (Å²) >= 11 is 0. The van der Waals surface area contributed by atoms with Crippen molar-refractivity contribution >= 4 is 0 Å². The molecule has 0 bridgehead atoms. The molecule has 2 rings (SSSR count). The molecule has 0 saturated carbocycles. The van der Waals surface area contributed by atoms with Gasteiger partial charge >= 0.3 is 0 Å². The second-order valence-electron chi connectivity index (χ2n) is 3.66. The van der Waals surface area contributed by atoms with Crippen LogP contribution in [0.5, 0.6) is 0 Å². The fourth-order valence-corrected chi connectivity index (χ4v) is 1.45. The van der Waals surface area contributed by atoms with E-state index in [4.69, 9.17) is 5.73 Å². The van der Waals surface area contributed by atoms with Gasteiger partial charge in [-0.15, -0.1) is 0 Å². The highest BCUT2D eigenvalue weighted by Gasteiger charge is 2.04. The Balaban J connectivity index is 2.21. The smallest absolute Gasteiger partial charge is 0.108 e. The molecule has 4 nitrogen and oxygen atoms in total. The van der Waals surface area contributed by atoms with Crippen LogP contribution in [-0.4, -0.2) is 21.0 Å². The van der Waals surface area contributed by atoms with Gasteiger partial charge in [-0.2, -0.15) is 0 Å². The molecule has 2 heterocycles. The van der Waals surface area contributed by atoms with Crippen LogP contribution >= 0.6 is 0 Å². The second-order valence-corrected chi connectivity index (χ2v) is 3.66. The van der Waals surface area contributed by atoms with Crippen LogP contribution in [0.3, 0.4) is 0 Å². The SMILES string of the molecule is CC(N)Cc1ncc(-c2ccncc2)[nH]1. The molecule has 2 aromatic rings. The quantitative estimate of drug-likeness (QED) is 0.789. The Morgan fingerprint density at radius 3 is 2.80 bits per heavy atom. The highest BCUT2D eigenvalue weighted by Crippen LogP contribution is 2.15. The lowest BCUT2D eigenvalue weighted by atomic mass is 10.2. The summed E-state index contributed by atoms with van der Waals surface area (Å²) in [6.45, 7) is 1.97. The number of aromatic nitrogens is 3. The van der Waals surface area contributed by atoms with Crippen molar-refractivity contribution in [1.29, 1.82) is 0 Å². The van der Waals surface area contributed by atoms with Crippen LogP contribution in [0.25, 0.3) is 11.3 Å². The van der Waals surface area contributed by atoms with Crippen LogP contribution < -0.4 is 5.73 Å². The molecule has 0 spiro atoms. The number of rotatable bonds is 3. The molecule has 15 heavy (non-hydrogen) atoms. The van der Waals surface area contributed by atoms with E-state index in [0.717, 1.165) is 23.5 Å². The van der Waals surface area contributed by atoms with Crippen LogP contribution in [0.2, 0.25) is 0 Å². The summed E-state index contributed by atoms with van der Waals surface area (Å²) in [5, 5.41) is 0. The monoisotopic (exact) mass is 202 g/mol. The number of imidazole rings is 1. The van der Waals surface area contributed by atoms with Crippen molar-refractivity contribution in [1.82, 2.24) is 15.0 Å². The van der Waals surface area contributed by atoms with Crippen molar-refractivity contribution in [3.63, 3.8) is 0 Å². The van der Waals surface area contributed by atoms with Gasteiger partial charge in [0, 0.05) is 30.4 Å². The number of nitrogens with one attached hydrogen (secondary N) is 1. The minimum atomic E-state index is 0.126. The van der Waals surface area contributed by atoms with Gasteiger partial charge in [0.25, 0.3) is 0 Å². The molecule has 1 atom stereocenters. The Hall–Kier alpha value is -1.68. The molecule has 3 N–H and O–H groups in total. The third-order valence-electron chi connectivity index (χ3n) is 2.14. The van der Waals surface area contributed by atoms with E-state index in [1.807, 2.05) is 25.3 Å². The molecule has 0 aliphatic heterocycles. The van der Waals surface area contributed by atoms with Crippen molar-refractivity contribution < 1.29 is 0 Å². The standard InChI is InChI=1S/C11H14N4/c1-8(12)6-11-14-7-10(15-11)9-2-4-13-5-3-9/h2-5,7-8H,6,12H2,1H3,(H,14,15). The van der Waals surface area contributed by atoms with Gasteiger partial charge in [-0.3, -0.25) is 4.98 Å². The molecule has 78 valence electrons. The lowest BCUT2D eigenvalue weighted by Gasteiger charge is -2.00. The molecule has 0 radical (unpaired) electrons. The van der Waals surface area contributed by atoms with E-state index >= 15 is 0 Å². The first-order valence-electron chi connectivity index (χ1n) is 4.95. The number of nitrogens with two attached hydrogens (primary N) is 1. The number of hydrogen-bond acceptors (Lipinski definition) is 3. The van der Waals surface area contributed by atoms with E-state index in [0.29, 0.717) is 0 Å². The van der Waals surface area contributed by atoms with Gasteiger partial charge in [-0.05, 0) is 19.1 Å². The predicted molar refractivity (Wildman–Crippen MR) is 59.2 cm³/mol. The summed E-state index contributed by atoms with van der Waals surface area (Å²) in [6.07, 6.45) is 6.13. The van der Waals surface area contributed by atoms with Crippen LogP contribution in [0.4, 0.5) is 0 Å². The molecule has 0 aromatic carbocycles. The highest BCUT2D eigenvalue weighted by atomic mass is 14.9. The Morgan fingerprint density at radius 2 is 2.13 bits per heavy atom. The van der Waals surface area contributed by atoms with Gasteiger partial charge < -0.3 is 10.7 Å². The predicted octanol–water partition coefficient (Wildman–Crippen LogP) is 1.36. The zero-order valence-electron chi connectivity index (χ0n) is 8.64. The normalized spacial score (nSPS) is 12.7. The molecule has 1 unspecified atom stereocenters. The lowest BCUT2D eigenvalue weighted by Crippen LogP contribution is -2.18. The summed E-state index contributed by atoms with van der Waals surface area (Å²) < 4.78 is 0. The van der Waals surface area contributed by atoms with E-state index in [1.165, 1.54) is 0 Å². The summed E-state index contributed by atoms with van der Waals surface area (Å²) in [7, 11) is 0. The van der Waals surface area contributed by atoms with E-state index in [2.05, 4.69) is 15.0 Å². The first kappa shape index (κ1) is 9.86. The molecule has 0 aliphatic carbocycles. The van der Waals surface area contributed by atoms with Crippen molar-refractivity contribution in [3.8, 4) is 11.3 Å². The van der Waals surface area contributed by atoms with E-state index in [-0.39, 0.29) is 6.04 Å². The number of hydrogen-bond donors (Lipinski definition) is 2. The largest absolute Gasteiger partial charge is 0.342 e. The van der Waals surface area contributed by atoms with Gasteiger partial charge in [0.05, 0.1) is 11.9 Å². The third kappa shape index (κ3) is 2.41. The topological polar surface area (TPSA) is 67.6 Å². The highest BCUT2D eigenvalue weighted by molar-refractivity contribution is 5.57. The molecule has 0 saturated heterocycles. The van der Waals surface area contributed by atoms with Crippen LogP contribution in [-0.2, 0) is 6.42 Å². The van der Waals surface area contributed by atoms with E-state index < -0.39 is 0 Å². The molecule has 0 amide bonds. The maximum absolute atomic E-state index is 5.70. The van der Waals surface area contributed by atoms with Crippen molar-refractivity contribution in [2.24, 2.45) is 5.73 Å². The van der Waals surface area contributed by atoms with E-state index in [9.17, 15) is 0 Å². The summed E-state index contributed by atoms with van der Waals surface area (Å²) in [5.41, 5.74) is 7.80. The fraction of sp³-hybridized carbons (Fsp3) is 0.273. The molecular formula is C11H14N4. The maximum atomic E-state index is 5.70. The van der Waals surface area contributed by atoms with Crippen molar-refractivity contribution in [2.45, 2.75) is 19.4 Å². The zero-order chi connectivity index (χ0) is 10.7. The minimum Gasteiger partial charge on any atom is -0.342 e. The number of nitrogens with zero attached hydrogens (tertiary/aromatic N) is 2. The van der Waals surface area contributed by atoms with E-state index in [1.54, 1.807) is 12.4 Å². The zero-order valence-corrected chi connectivity index (χ0v) is 8.64. The second kappa shape index (κ2) is 4.23. The first-order chi connectivity index (χ1) is 7.25. The fourth-order valence-electron chi connectivity index (χ4n) is 1.45. The van der Waals surface area contributed by atoms with Crippen LogP contribution in [0.1, 0.15) is 12.7 Å². The average molecular weight is 202 g/mol. The molecule has 4 heteroatoms. The van der Waals surface area contributed by atoms with Crippen LogP contribution in [0, 0.1) is 0 Å². The number of pyridine rings is 1. The Kier molecular flexibility index (Phi) is 2.78. The summed E-state index contributed by atoms with van der Waals surface area (Å²) in [5.74, 6) is 0.928. The molecule has 0 fully saturated rings. The van der Waals surface area contributed by atoms with Crippen molar-refractivity contribution in [3.05, 3.63) is 36.5 Å². The average Bonchev–Trinajstić information content (AvgIpc) is 2.67. The van der Waals surface area contributed by atoms with Crippen LogP contribution in [0.15, 0.2) is 30.7 Å². The molecule has 0 aliphatic rings. The number of aromatic amines is 1. The number of H-pyrrole nitrogens is 1. The Labute approximate surface area is 88.6 Å². The van der Waals surface area contributed by atoms with Gasteiger partial charge in [0.1, 0.15) is 5.82 Å². The maximum Gasteiger partial charge on any atom is 0.108 e. The van der Waals surface area contributed by atoms with Gasteiger partial charge in [-0.25, -0.2) is 4.98 Å². The Morgan fingerprint density at radius 1 is 1.40 bits per heavy atom. The summed E-state index contributed by atoms with van der Waals surface area (Å²) in [6, 6.07) is 4.02. The van der Waals surface area contributed by atoms with Gasteiger partial charge in [0.2, 0.25) is 0 Å². The van der Waals surface area contributed by atoms with Gasteiger partial charge in [0.15, 0.2) is 0 Å². The first-order valence-corrected chi connectivity index (χ1v) is 4.95. The minimum absolute atomic E-state index is 0.126. The van der Waals surface area contributed by atoms with Gasteiger partial charge in [-0.1, -0.05) is 0 Å². The summed E-state index contributed by atoms with van der Waals surface area (Å²) in [4.78, 5) is 11.5.